The van der Waals surface area contributed by atoms with Crippen LogP contribution in [-0.2, 0) is 0 Å². The van der Waals surface area contributed by atoms with E-state index in [0.717, 1.165) is 54.4 Å². The predicted octanol–water partition coefficient (Wildman–Crippen LogP) is 7.26. The molecule has 0 spiro atoms. The average Bonchev–Trinajstić information content (AvgIpc) is 3.40. The molecule has 0 N–H and O–H groups in total. The second kappa shape index (κ2) is 7.13. The summed E-state index contributed by atoms with van der Waals surface area (Å²) >= 11 is 1.64. The first kappa shape index (κ1) is 19.3. The molecule has 4 nitrogen and oxygen atoms in total. The highest BCUT2D eigenvalue weighted by Gasteiger charge is 2.18. The molecule has 7 aromatic rings. The number of benzene rings is 3. The minimum absolute atomic E-state index is 0.253. The smallest absolute Gasteiger partial charge is 0.223 e. The van der Waals surface area contributed by atoms with Gasteiger partial charge in [-0.1, -0.05) is 72.0 Å². The fraction of sp³-hybridized carbons (Fsp3) is 0. The zero-order valence-corrected chi connectivity index (χ0v) is 18.4. The second-order valence-electron chi connectivity index (χ2n) is 8.03. The first-order valence-corrected chi connectivity index (χ1v) is 11.5. The Morgan fingerprint density at radius 1 is 0.676 bits per heavy atom. The topological polar surface area (TPSA) is 43.1 Å². The average molecular weight is 465 g/mol. The molecule has 0 atom stereocenters. The van der Waals surface area contributed by atoms with E-state index in [-0.39, 0.29) is 5.56 Å². The molecule has 0 saturated heterocycles. The summed E-state index contributed by atoms with van der Waals surface area (Å²) in [7, 11) is 0. The molecule has 162 valence electrons. The second-order valence-corrected chi connectivity index (χ2v) is 9.04. The van der Waals surface area contributed by atoms with Crippen LogP contribution in [0, 0.1) is 11.9 Å². The molecule has 34 heavy (non-hydrogen) atoms. The maximum atomic E-state index is 14.2. The Kier molecular flexibility index (Phi) is 4.04. The number of para-hydroxylation sites is 1. The van der Waals surface area contributed by atoms with Gasteiger partial charge in [-0.15, -0.1) is 0 Å². The van der Waals surface area contributed by atoms with Gasteiger partial charge in [0.05, 0.1) is 15.9 Å². The number of pyridine rings is 2. The normalized spacial score (nSPS) is 11.8. The van der Waals surface area contributed by atoms with E-state index in [4.69, 9.17) is 9.97 Å². The quantitative estimate of drug-likeness (QED) is 0.253. The van der Waals surface area contributed by atoms with Crippen molar-refractivity contribution in [3.05, 3.63) is 96.8 Å². The van der Waals surface area contributed by atoms with E-state index < -0.39 is 11.9 Å². The van der Waals surface area contributed by atoms with Crippen LogP contribution >= 0.6 is 11.3 Å². The fourth-order valence-corrected chi connectivity index (χ4v) is 5.53. The molecule has 0 aliphatic heterocycles. The van der Waals surface area contributed by atoms with Gasteiger partial charge in [-0.05, 0) is 29.8 Å². The number of halogens is 2. The number of aromatic nitrogens is 4. The lowest BCUT2D eigenvalue weighted by molar-refractivity contribution is 0.515. The van der Waals surface area contributed by atoms with Gasteiger partial charge in [-0.2, -0.15) is 13.8 Å². The summed E-state index contributed by atoms with van der Waals surface area (Å²) in [6, 6.07) is 26.3. The number of thiazole rings is 1. The molecule has 3 aromatic carbocycles. The summed E-state index contributed by atoms with van der Waals surface area (Å²) in [5, 5.41) is 2.02. The molecule has 0 aliphatic rings. The fourth-order valence-electron chi connectivity index (χ4n) is 4.51. The number of nitrogens with zero attached hydrogens (tertiary/aromatic N) is 4. The van der Waals surface area contributed by atoms with Crippen molar-refractivity contribution in [2.45, 2.75) is 0 Å². The van der Waals surface area contributed by atoms with Crippen LogP contribution in [0.5, 0.6) is 0 Å². The molecule has 0 saturated carbocycles. The molecule has 0 amide bonds. The Morgan fingerprint density at radius 3 is 2.24 bits per heavy atom. The molecule has 0 bridgehead atoms. The van der Waals surface area contributed by atoms with Crippen LogP contribution in [0.25, 0.3) is 59.5 Å². The maximum Gasteiger partial charge on any atom is 0.223 e. The minimum atomic E-state index is -0.838. The Hall–Kier alpha value is -4.23. The number of rotatable bonds is 2. The Bertz CT molecular complexity index is 1890. The summed E-state index contributed by atoms with van der Waals surface area (Å²) in [6.07, 6.45) is 0. The van der Waals surface area contributed by atoms with Crippen molar-refractivity contribution in [3.63, 3.8) is 0 Å². The van der Waals surface area contributed by atoms with Crippen LogP contribution in [0.3, 0.4) is 0 Å². The van der Waals surface area contributed by atoms with Gasteiger partial charge in [0.25, 0.3) is 0 Å². The lowest BCUT2D eigenvalue weighted by atomic mass is 10.00. The Morgan fingerprint density at radius 2 is 1.41 bits per heavy atom. The summed E-state index contributed by atoms with van der Waals surface area (Å²) < 4.78 is 30.7. The third-order valence-corrected chi connectivity index (χ3v) is 7.09. The number of imidazole rings is 1. The van der Waals surface area contributed by atoms with Gasteiger partial charge in [-0.3, -0.25) is 4.40 Å². The summed E-state index contributed by atoms with van der Waals surface area (Å²) in [5.74, 6) is -1.67. The third kappa shape index (κ3) is 2.77. The zero-order chi connectivity index (χ0) is 22.8. The minimum Gasteiger partial charge on any atom is -0.267 e. The summed E-state index contributed by atoms with van der Waals surface area (Å²) in [4.78, 5) is 14.2. The molecule has 0 unspecified atom stereocenters. The Balaban J connectivity index is 1.48. The van der Waals surface area contributed by atoms with Crippen molar-refractivity contribution < 1.29 is 8.78 Å². The molecule has 0 fully saturated rings. The van der Waals surface area contributed by atoms with Crippen LogP contribution < -0.4 is 0 Å². The van der Waals surface area contributed by atoms with Crippen molar-refractivity contribution >= 4 is 48.5 Å². The van der Waals surface area contributed by atoms with Gasteiger partial charge < -0.3 is 0 Å². The van der Waals surface area contributed by atoms with E-state index >= 15 is 0 Å². The molecule has 0 radical (unpaired) electrons. The van der Waals surface area contributed by atoms with E-state index in [1.807, 2.05) is 42.5 Å². The van der Waals surface area contributed by atoms with Crippen molar-refractivity contribution in [2.75, 3.05) is 0 Å². The van der Waals surface area contributed by atoms with Crippen LogP contribution in [0.15, 0.2) is 84.9 Å². The van der Waals surface area contributed by atoms with Crippen molar-refractivity contribution in [1.29, 1.82) is 0 Å². The van der Waals surface area contributed by atoms with Crippen molar-refractivity contribution in [2.24, 2.45) is 0 Å². The van der Waals surface area contributed by atoms with E-state index in [2.05, 4.69) is 27.6 Å². The lowest BCUT2D eigenvalue weighted by Gasteiger charge is -2.09. The van der Waals surface area contributed by atoms with E-state index in [1.165, 1.54) is 6.07 Å². The molecule has 7 heteroatoms. The van der Waals surface area contributed by atoms with E-state index in [9.17, 15) is 8.78 Å². The van der Waals surface area contributed by atoms with E-state index in [1.54, 1.807) is 23.5 Å². The van der Waals surface area contributed by atoms with E-state index in [0.29, 0.717) is 5.56 Å². The Labute approximate surface area is 195 Å². The molecule has 7 rings (SSSR count). The summed E-state index contributed by atoms with van der Waals surface area (Å²) in [6.45, 7) is 0. The number of hydrogen-bond acceptors (Lipinski definition) is 4. The standard InChI is InChI=1S/C27H14F2N4S/c28-22-14-13-17(25(29)30-22)15-9-11-16(12-10-15)23-18-5-1-2-6-19(18)24-26(31-23)33-20-7-3-4-8-21(20)34-27(33)32-24/h1-14H. The number of fused-ring (bicyclic) bond motifs is 7. The zero-order valence-electron chi connectivity index (χ0n) is 17.5. The highest BCUT2D eigenvalue weighted by atomic mass is 32.1. The highest BCUT2D eigenvalue weighted by Crippen LogP contribution is 2.36. The molecular weight excluding hydrogens is 450 g/mol. The van der Waals surface area contributed by atoms with Gasteiger partial charge >= 0.3 is 0 Å². The summed E-state index contributed by atoms with van der Waals surface area (Å²) in [5.41, 5.74) is 5.34. The first-order valence-electron chi connectivity index (χ1n) is 10.7. The van der Waals surface area contributed by atoms with Gasteiger partial charge in [0.15, 0.2) is 10.6 Å². The molecule has 0 aliphatic carbocycles. The van der Waals surface area contributed by atoms with Gasteiger partial charge in [0.1, 0.15) is 5.52 Å². The van der Waals surface area contributed by atoms with Crippen LogP contribution in [-0.4, -0.2) is 19.4 Å². The van der Waals surface area contributed by atoms with Gasteiger partial charge in [0.2, 0.25) is 11.9 Å². The molecular formula is C27H14F2N4S. The molecule has 4 heterocycles. The largest absolute Gasteiger partial charge is 0.267 e. The predicted molar refractivity (Wildman–Crippen MR) is 132 cm³/mol. The molecule has 4 aromatic heterocycles. The monoisotopic (exact) mass is 464 g/mol. The highest BCUT2D eigenvalue weighted by molar-refractivity contribution is 7.23. The van der Waals surface area contributed by atoms with Crippen molar-refractivity contribution in [1.82, 2.24) is 19.4 Å². The van der Waals surface area contributed by atoms with Gasteiger partial charge in [-0.25, -0.2) is 9.97 Å². The van der Waals surface area contributed by atoms with Crippen LogP contribution in [0.4, 0.5) is 8.78 Å². The van der Waals surface area contributed by atoms with Crippen LogP contribution in [0.1, 0.15) is 0 Å². The SMILES string of the molecule is Fc1ccc(-c2ccc(-c3nc4c(nc5sc6ccccc6n54)c4ccccc34)cc2)c(F)n1. The third-order valence-electron chi connectivity index (χ3n) is 6.07. The van der Waals surface area contributed by atoms with Gasteiger partial charge in [0, 0.05) is 21.9 Å². The van der Waals surface area contributed by atoms with Crippen LogP contribution in [0.2, 0.25) is 0 Å². The lowest BCUT2D eigenvalue weighted by Crippen LogP contribution is -1.93. The number of hydrogen-bond donors (Lipinski definition) is 0. The maximum absolute atomic E-state index is 14.2. The first-order chi connectivity index (χ1) is 16.7. The van der Waals surface area contributed by atoms with Crippen molar-refractivity contribution in [3.8, 4) is 22.4 Å².